The number of rotatable bonds is 5. The Bertz CT molecular complexity index is 875. The van der Waals surface area contributed by atoms with Crippen LogP contribution in [0.5, 0.6) is 5.75 Å². The van der Waals surface area contributed by atoms with Gasteiger partial charge in [-0.15, -0.1) is 0 Å². The third-order valence-corrected chi connectivity index (χ3v) is 6.28. The van der Waals surface area contributed by atoms with Gasteiger partial charge in [0.05, 0.1) is 18.7 Å². The van der Waals surface area contributed by atoms with Crippen molar-refractivity contribution in [2.75, 3.05) is 76.3 Å². The molecule has 6 nitrogen and oxygen atoms in total. The highest BCUT2D eigenvalue weighted by atomic mass is 16.5. The van der Waals surface area contributed by atoms with Crippen LogP contribution in [0.3, 0.4) is 0 Å². The first-order chi connectivity index (χ1) is 14.7. The lowest BCUT2D eigenvalue weighted by atomic mass is 10.1. The van der Waals surface area contributed by atoms with Crippen LogP contribution in [0.1, 0.15) is 11.1 Å². The lowest BCUT2D eigenvalue weighted by Gasteiger charge is -2.37. The predicted octanol–water partition coefficient (Wildman–Crippen LogP) is 2.64. The van der Waals surface area contributed by atoms with Gasteiger partial charge in [0, 0.05) is 70.3 Å². The van der Waals surface area contributed by atoms with Gasteiger partial charge in [-0.3, -0.25) is 4.90 Å². The molecule has 0 radical (unpaired) electrons. The lowest BCUT2D eigenvalue weighted by Crippen LogP contribution is -2.46. The third kappa shape index (κ3) is 4.69. The van der Waals surface area contributed by atoms with Crippen molar-refractivity contribution in [2.24, 2.45) is 0 Å². The van der Waals surface area contributed by atoms with Gasteiger partial charge < -0.3 is 19.4 Å². The number of benzene rings is 2. The van der Waals surface area contributed by atoms with Crippen LogP contribution in [0.15, 0.2) is 42.5 Å². The zero-order valence-corrected chi connectivity index (χ0v) is 18.0. The fourth-order valence-corrected chi connectivity index (χ4v) is 4.28. The van der Waals surface area contributed by atoms with E-state index >= 15 is 0 Å². The van der Waals surface area contributed by atoms with E-state index in [-0.39, 0.29) is 0 Å². The van der Waals surface area contributed by atoms with E-state index in [4.69, 9.17) is 4.74 Å². The monoisotopic (exact) mass is 405 g/mol. The molecular weight excluding hydrogens is 374 g/mol. The third-order valence-electron chi connectivity index (χ3n) is 6.28. The quantitative estimate of drug-likeness (QED) is 0.762. The Morgan fingerprint density at radius 3 is 2.07 bits per heavy atom. The fourth-order valence-electron chi connectivity index (χ4n) is 4.28. The van der Waals surface area contributed by atoms with Crippen LogP contribution in [0.2, 0.25) is 0 Å². The minimum Gasteiger partial charge on any atom is -0.497 e. The lowest BCUT2D eigenvalue weighted by molar-refractivity contribution is 0.249. The number of piperazine rings is 2. The zero-order chi connectivity index (χ0) is 20.9. The Labute approximate surface area is 179 Å². The van der Waals surface area contributed by atoms with E-state index in [1.54, 1.807) is 7.11 Å². The summed E-state index contributed by atoms with van der Waals surface area (Å²) in [6.45, 7) is 9.07. The molecular formula is C24H31N5O. The fraction of sp³-hybridized carbons (Fsp3) is 0.458. The smallest absolute Gasteiger partial charge is 0.119 e. The summed E-state index contributed by atoms with van der Waals surface area (Å²) < 4.78 is 5.26. The highest BCUT2D eigenvalue weighted by Gasteiger charge is 2.20. The minimum atomic E-state index is 0.797. The van der Waals surface area contributed by atoms with Crippen LogP contribution in [0, 0.1) is 11.3 Å². The molecule has 2 aliphatic heterocycles. The van der Waals surface area contributed by atoms with Gasteiger partial charge >= 0.3 is 0 Å². The average Bonchev–Trinajstić information content (AvgIpc) is 2.80. The molecule has 0 N–H and O–H groups in total. The first-order valence-corrected chi connectivity index (χ1v) is 10.7. The standard InChI is InChI=1S/C24H31N5O/c1-26-9-13-29(14-10-26)23-4-3-20(18-25)21(17-23)19-27-11-15-28(16-12-27)22-5-7-24(30-2)8-6-22/h3-8,17H,9-16,19H2,1-2H3. The van der Waals surface area contributed by atoms with Crippen molar-refractivity contribution in [3.63, 3.8) is 0 Å². The van der Waals surface area contributed by atoms with E-state index in [2.05, 4.69) is 57.0 Å². The molecule has 2 aromatic carbocycles. The first-order valence-electron chi connectivity index (χ1n) is 10.7. The topological polar surface area (TPSA) is 46.0 Å². The molecule has 4 rings (SSSR count). The molecule has 2 aliphatic rings. The van der Waals surface area contributed by atoms with Gasteiger partial charge in [-0.2, -0.15) is 5.26 Å². The number of hydrogen-bond acceptors (Lipinski definition) is 6. The summed E-state index contributed by atoms with van der Waals surface area (Å²) in [5.74, 6) is 0.890. The van der Waals surface area contributed by atoms with E-state index in [1.807, 2.05) is 18.2 Å². The molecule has 30 heavy (non-hydrogen) atoms. The van der Waals surface area contributed by atoms with Crippen LogP contribution >= 0.6 is 0 Å². The summed E-state index contributed by atoms with van der Waals surface area (Å²) in [6, 6.07) is 17.0. The van der Waals surface area contributed by atoms with Gasteiger partial charge in [0.15, 0.2) is 0 Å². The maximum absolute atomic E-state index is 9.61. The van der Waals surface area contributed by atoms with Gasteiger partial charge in [0.25, 0.3) is 0 Å². The molecule has 2 saturated heterocycles. The van der Waals surface area contributed by atoms with E-state index < -0.39 is 0 Å². The Hall–Kier alpha value is -2.75. The number of anilines is 2. The molecule has 0 saturated carbocycles. The Kier molecular flexibility index (Phi) is 6.41. The van der Waals surface area contributed by atoms with Crippen molar-refractivity contribution >= 4 is 11.4 Å². The molecule has 0 aromatic heterocycles. The van der Waals surface area contributed by atoms with Crippen molar-refractivity contribution in [1.82, 2.24) is 9.80 Å². The molecule has 158 valence electrons. The van der Waals surface area contributed by atoms with Crippen LogP contribution in [0.4, 0.5) is 11.4 Å². The summed E-state index contributed by atoms with van der Waals surface area (Å²) in [6.07, 6.45) is 0. The van der Waals surface area contributed by atoms with Crippen LogP contribution in [-0.4, -0.2) is 76.3 Å². The van der Waals surface area contributed by atoms with Crippen molar-refractivity contribution in [3.8, 4) is 11.8 Å². The Balaban J connectivity index is 1.39. The van der Waals surface area contributed by atoms with Crippen molar-refractivity contribution in [3.05, 3.63) is 53.6 Å². The van der Waals surface area contributed by atoms with E-state index in [1.165, 1.54) is 11.4 Å². The molecule has 2 heterocycles. The number of nitriles is 1. The highest BCUT2D eigenvalue weighted by molar-refractivity contribution is 5.54. The number of hydrogen-bond donors (Lipinski definition) is 0. The molecule has 0 aliphatic carbocycles. The van der Waals surface area contributed by atoms with Crippen molar-refractivity contribution in [1.29, 1.82) is 5.26 Å². The number of nitrogens with zero attached hydrogens (tertiary/aromatic N) is 5. The van der Waals surface area contributed by atoms with Gasteiger partial charge in [-0.1, -0.05) is 0 Å². The second kappa shape index (κ2) is 9.38. The molecule has 2 aromatic rings. The molecule has 6 heteroatoms. The predicted molar refractivity (Wildman–Crippen MR) is 121 cm³/mol. The Morgan fingerprint density at radius 1 is 0.833 bits per heavy atom. The average molecular weight is 406 g/mol. The van der Waals surface area contributed by atoms with Gasteiger partial charge in [-0.05, 0) is 55.1 Å². The first kappa shape index (κ1) is 20.5. The van der Waals surface area contributed by atoms with Crippen LogP contribution < -0.4 is 14.5 Å². The molecule has 2 fully saturated rings. The molecule has 0 bridgehead atoms. The van der Waals surface area contributed by atoms with Gasteiger partial charge in [0.1, 0.15) is 5.75 Å². The summed E-state index contributed by atoms with van der Waals surface area (Å²) >= 11 is 0. The van der Waals surface area contributed by atoms with Gasteiger partial charge in [0.2, 0.25) is 0 Å². The zero-order valence-electron chi connectivity index (χ0n) is 18.0. The van der Waals surface area contributed by atoms with Crippen LogP contribution in [-0.2, 0) is 6.54 Å². The molecule has 0 unspecified atom stereocenters. The van der Waals surface area contributed by atoms with E-state index in [9.17, 15) is 5.26 Å². The SMILES string of the molecule is COc1ccc(N2CCN(Cc3cc(N4CCN(C)CC4)ccc3C#N)CC2)cc1. The summed E-state index contributed by atoms with van der Waals surface area (Å²) in [5, 5.41) is 9.61. The van der Waals surface area contributed by atoms with Crippen LogP contribution in [0.25, 0.3) is 0 Å². The summed E-state index contributed by atoms with van der Waals surface area (Å²) in [4.78, 5) is 9.68. The van der Waals surface area contributed by atoms with E-state index in [0.29, 0.717) is 0 Å². The number of methoxy groups -OCH3 is 1. The number of likely N-dealkylation sites (N-methyl/N-ethyl adjacent to an activating group) is 1. The second-order valence-corrected chi connectivity index (χ2v) is 8.20. The maximum Gasteiger partial charge on any atom is 0.119 e. The van der Waals surface area contributed by atoms with Crippen molar-refractivity contribution < 1.29 is 4.74 Å². The highest BCUT2D eigenvalue weighted by Crippen LogP contribution is 2.24. The number of ether oxygens (including phenoxy) is 1. The normalized spacial score (nSPS) is 18.3. The Morgan fingerprint density at radius 2 is 1.43 bits per heavy atom. The summed E-state index contributed by atoms with van der Waals surface area (Å²) in [5.41, 5.74) is 4.43. The largest absolute Gasteiger partial charge is 0.497 e. The van der Waals surface area contributed by atoms with Gasteiger partial charge in [-0.25, -0.2) is 0 Å². The molecule has 0 amide bonds. The minimum absolute atomic E-state index is 0.797. The van der Waals surface area contributed by atoms with Crippen molar-refractivity contribution in [2.45, 2.75) is 6.54 Å². The second-order valence-electron chi connectivity index (χ2n) is 8.20. The molecule has 0 atom stereocenters. The van der Waals surface area contributed by atoms with E-state index in [0.717, 1.165) is 75.8 Å². The maximum atomic E-state index is 9.61. The molecule has 0 spiro atoms. The summed E-state index contributed by atoms with van der Waals surface area (Å²) in [7, 11) is 3.87.